The maximum Gasteiger partial charge on any atom is 0.0471 e. The van der Waals surface area contributed by atoms with Crippen LogP contribution in [0, 0.1) is 5.92 Å². The van der Waals surface area contributed by atoms with Crippen LogP contribution in [0.15, 0.2) is 0 Å². The lowest BCUT2D eigenvalue weighted by molar-refractivity contribution is 0.211. The molecule has 2 heteroatoms. The second-order valence-corrected chi connectivity index (χ2v) is 4.03. The number of rotatable bonds is 8. The zero-order valence-electron chi connectivity index (χ0n) is 9.13. The van der Waals surface area contributed by atoms with Crippen molar-refractivity contribution in [3.05, 3.63) is 0 Å². The van der Waals surface area contributed by atoms with E-state index in [9.17, 15) is 0 Å². The molecule has 0 aliphatic carbocycles. The molecule has 2 unspecified atom stereocenters. The first-order valence-electron chi connectivity index (χ1n) is 5.58. The van der Waals surface area contributed by atoms with E-state index in [1.54, 1.807) is 0 Å². The van der Waals surface area contributed by atoms with Crippen molar-refractivity contribution in [3.8, 4) is 0 Å². The summed E-state index contributed by atoms with van der Waals surface area (Å²) in [7, 11) is 0. The van der Waals surface area contributed by atoms with E-state index in [1.165, 1.54) is 32.1 Å². The van der Waals surface area contributed by atoms with Gasteiger partial charge in [0.05, 0.1) is 0 Å². The fourth-order valence-electron chi connectivity index (χ4n) is 1.40. The molecule has 0 amide bonds. The van der Waals surface area contributed by atoms with Crippen LogP contribution in [0.25, 0.3) is 0 Å². The summed E-state index contributed by atoms with van der Waals surface area (Å²) in [6.45, 7) is 4.45. The molecule has 0 aliphatic heterocycles. The summed E-state index contributed by atoms with van der Waals surface area (Å²) in [4.78, 5) is 0. The predicted molar refractivity (Wildman–Crippen MR) is 57.6 cm³/mol. The Morgan fingerprint density at radius 1 is 1.15 bits per heavy atom. The summed E-state index contributed by atoms with van der Waals surface area (Å²) in [5, 5.41) is 8.87. The Morgan fingerprint density at radius 2 is 1.77 bits per heavy atom. The van der Waals surface area contributed by atoms with Crippen LogP contribution < -0.4 is 5.73 Å². The van der Waals surface area contributed by atoms with Gasteiger partial charge in [-0.15, -0.1) is 0 Å². The Morgan fingerprint density at radius 3 is 2.31 bits per heavy atom. The fraction of sp³-hybridized carbons (Fsp3) is 1.00. The van der Waals surface area contributed by atoms with Gasteiger partial charge in [0, 0.05) is 12.6 Å². The number of aliphatic hydroxyl groups is 1. The van der Waals surface area contributed by atoms with E-state index in [1.807, 2.05) is 6.92 Å². The predicted octanol–water partition coefficient (Wildman–Crippen LogP) is 2.30. The second kappa shape index (κ2) is 8.52. The first-order valence-corrected chi connectivity index (χ1v) is 5.58. The number of hydrogen-bond donors (Lipinski definition) is 2. The van der Waals surface area contributed by atoms with Crippen LogP contribution in [0.4, 0.5) is 0 Å². The lowest BCUT2D eigenvalue weighted by Gasteiger charge is -2.17. The van der Waals surface area contributed by atoms with Crippen LogP contribution in [0.2, 0.25) is 0 Å². The van der Waals surface area contributed by atoms with E-state index < -0.39 is 0 Å². The zero-order chi connectivity index (χ0) is 10.1. The summed E-state index contributed by atoms with van der Waals surface area (Å²) in [6, 6.07) is 0.187. The molecule has 13 heavy (non-hydrogen) atoms. The minimum absolute atomic E-state index is 0.187. The molecule has 0 radical (unpaired) electrons. The molecule has 0 aromatic heterocycles. The van der Waals surface area contributed by atoms with E-state index in [-0.39, 0.29) is 18.6 Å². The van der Waals surface area contributed by atoms with Crippen LogP contribution in [0.1, 0.15) is 52.4 Å². The third-order valence-electron chi connectivity index (χ3n) is 2.66. The molecule has 0 saturated carbocycles. The third-order valence-corrected chi connectivity index (χ3v) is 2.66. The lowest BCUT2D eigenvalue weighted by atomic mass is 9.97. The van der Waals surface area contributed by atoms with Crippen molar-refractivity contribution in [2.45, 2.75) is 58.4 Å². The van der Waals surface area contributed by atoms with E-state index in [4.69, 9.17) is 10.8 Å². The molecule has 80 valence electrons. The molecule has 0 spiro atoms. The first-order chi connectivity index (χ1) is 6.22. The quantitative estimate of drug-likeness (QED) is 0.573. The van der Waals surface area contributed by atoms with Crippen molar-refractivity contribution in [1.29, 1.82) is 0 Å². The highest BCUT2D eigenvalue weighted by atomic mass is 16.3. The summed E-state index contributed by atoms with van der Waals surface area (Å²) in [5.74, 6) is 0.256. The Kier molecular flexibility index (Phi) is 8.46. The van der Waals surface area contributed by atoms with Crippen LogP contribution >= 0.6 is 0 Å². The van der Waals surface area contributed by atoms with E-state index in [2.05, 4.69) is 6.92 Å². The van der Waals surface area contributed by atoms with Crippen LogP contribution in [0.5, 0.6) is 0 Å². The first kappa shape index (κ1) is 12.9. The molecule has 2 nitrogen and oxygen atoms in total. The van der Waals surface area contributed by atoms with E-state index in [0.29, 0.717) is 0 Å². The molecule has 3 N–H and O–H groups in total. The molecular formula is C11H25NO. The molecule has 0 rings (SSSR count). The van der Waals surface area contributed by atoms with Gasteiger partial charge >= 0.3 is 0 Å². The zero-order valence-corrected chi connectivity index (χ0v) is 9.13. The maximum absolute atomic E-state index is 8.87. The van der Waals surface area contributed by atoms with Crippen molar-refractivity contribution >= 4 is 0 Å². The van der Waals surface area contributed by atoms with E-state index in [0.717, 1.165) is 6.42 Å². The Balaban J connectivity index is 3.21. The minimum atomic E-state index is 0.187. The normalized spacial score (nSPS) is 15.7. The smallest absolute Gasteiger partial charge is 0.0471 e. The molecule has 0 bridgehead atoms. The molecule has 2 atom stereocenters. The molecule has 0 aromatic carbocycles. The molecule has 0 heterocycles. The SMILES string of the molecule is CCCCCCCC(N)C(C)CO. The van der Waals surface area contributed by atoms with Gasteiger partial charge in [0.2, 0.25) is 0 Å². The number of unbranched alkanes of at least 4 members (excludes halogenated alkanes) is 4. The summed E-state index contributed by atoms with van der Waals surface area (Å²) < 4.78 is 0. The van der Waals surface area contributed by atoms with Gasteiger partial charge in [0.1, 0.15) is 0 Å². The molecule has 0 aliphatic rings. The Bertz CT molecular complexity index is 106. The Hall–Kier alpha value is -0.0800. The highest BCUT2D eigenvalue weighted by molar-refractivity contribution is 4.67. The van der Waals surface area contributed by atoms with Gasteiger partial charge in [0.25, 0.3) is 0 Å². The average molecular weight is 187 g/mol. The van der Waals surface area contributed by atoms with Crippen LogP contribution in [0.3, 0.4) is 0 Å². The van der Waals surface area contributed by atoms with Crippen molar-refractivity contribution in [2.24, 2.45) is 11.7 Å². The van der Waals surface area contributed by atoms with Crippen molar-refractivity contribution in [1.82, 2.24) is 0 Å². The van der Waals surface area contributed by atoms with Gasteiger partial charge in [0.15, 0.2) is 0 Å². The molecule has 0 fully saturated rings. The molecule has 0 aromatic rings. The number of aliphatic hydroxyl groups excluding tert-OH is 1. The standard InChI is InChI=1S/C11H25NO/c1-3-4-5-6-7-8-11(12)10(2)9-13/h10-11,13H,3-9,12H2,1-2H3. The lowest BCUT2D eigenvalue weighted by Crippen LogP contribution is -2.30. The van der Waals surface area contributed by atoms with Crippen molar-refractivity contribution in [2.75, 3.05) is 6.61 Å². The number of nitrogens with two attached hydrogens (primary N) is 1. The average Bonchev–Trinajstić information content (AvgIpc) is 2.16. The van der Waals surface area contributed by atoms with Gasteiger partial charge in [-0.1, -0.05) is 46.0 Å². The van der Waals surface area contributed by atoms with Gasteiger partial charge in [-0.25, -0.2) is 0 Å². The van der Waals surface area contributed by atoms with Gasteiger partial charge in [-0.05, 0) is 12.3 Å². The summed E-state index contributed by atoms with van der Waals surface area (Å²) in [5.41, 5.74) is 5.88. The molecular weight excluding hydrogens is 162 g/mol. The minimum Gasteiger partial charge on any atom is -0.396 e. The van der Waals surface area contributed by atoms with Crippen molar-refractivity contribution < 1.29 is 5.11 Å². The largest absolute Gasteiger partial charge is 0.396 e. The highest BCUT2D eigenvalue weighted by Gasteiger charge is 2.10. The topological polar surface area (TPSA) is 46.2 Å². The van der Waals surface area contributed by atoms with Gasteiger partial charge in [-0.2, -0.15) is 0 Å². The second-order valence-electron chi connectivity index (χ2n) is 4.03. The Labute approximate surface area is 82.5 Å². The highest BCUT2D eigenvalue weighted by Crippen LogP contribution is 2.10. The summed E-state index contributed by atoms with van der Waals surface area (Å²) in [6.07, 6.45) is 7.53. The monoisotopic (exact) mass is 187 g/mol. The van der Waals surface area contributed by atoms with Gasteiger partial charge in [-0.3, -0.25) is 0 Å². The third kappa shape index (κ3) is 7.03. The number of hydrogen-bond acceptors (Lipinski definition) is 2. The fourth-order valence-corrected chi connectivity index (χ4v) is 1.40. The van der Waals surface area contributed by atoms with Crippen LogP contribution in [-0.2, 0) is 0 Å². The molecule has 0 saturated heterocycles. The van der Waals surface area contributed by atoms with Gasteiger partial charge < -0.3 is 10.8 Å². The van der Waals surface area contributed by atoms with Crippen LogP contribution in [-0.4, -0.2) is 17.8 Å². The van der Waals surface area contributed by atoms with E-state index >= 15 is 0 Å². The maximum atomic E-state index is 8.87. The summed E-state index contributed by atoms with van der Waals surface area (Å²) >= 11 is 0. The van der Waals surface area contributed by atoms with Crippen molar-refractivity contribution in [3.63, 3.8) is 0 Å².